The number of hydrogen-bond donors (Lipinski definition) is 1. The topological polar surface area (TPSA) is 127 Å². The van der Waals surface area contributed by atoms with Gasteiger partial charge in [-0.3, -0.25) is 9.36 Å². The first-order chi connectivity index (χ1) is 15.5. The summed E-state index contributed by atoms with van der Waals surface area (Å²) in [6.07, 6.45) is 4.44. The van der Waals surface area contributed by atoms with Crippen LogP contribution in [-0.4, -0.2) is 29.7 Å². The number of carbonyl (C=O) groups is 2. The number of nitrogens with zero attached hydrogens (tertiary/aromatic N) is 1. The Morgan fingerprint density at radius 1 is 1.09 bits per heavy atom. The summed E-state index contributed by atoms with van der Waals surface area (Å²) >= 11 is 1.04. The van der Waals surface area contributed by atoms with Crippen LogP contribution in [0.5, 0.6) is 0 Å². The number of ether oxygens (including phenoxy) is 2. The first-order valence-electron chi connectivity index (χ1n) is 9.86. The molecule has 0 spiro atoms. The minimum atomic E-state index is -1.00. The summed E-state index contributed by atoms with van der Waals surface area (Å²) in [6, 6.07) is 6.62. The Kier molecular flexibility index (Phi) is 5.87. The van der Waals surface area contributed by atoms with Crippen molar-refractivity contribution in [2.45, 2.75) is 19.8 Å². The molecule has 0 fully saturated rings. The first-order valence-corrected chi connectivity index (χ1v) is 10.7. The van der Waals surface area contributed by atoms with Gasteiger partial charge in [-0.2, -0.15) is 0 Å². The van der Waals surface area contributed by atoms with Gasteiger partial charge in [0.1, 0.15) is 22.0 Å². The molecule has 0 saturated carbocycles. The summed E-state index contributed by atoms with van der Waals surface area (Å²) in [5.74, 6) is -1.83. The molecule has 0 unspecified atom stereocenters. The van der Waals surface area contributed by atoms with Crippen molar-refractivity contribution >= 4 is 40.7 Å². The first kappa shape index (κ1) is 21.4. The monoisotopic (exact) mass is 456 g/mol. The van der Waals surface area contributed by atoms with Crippen molar-refractivity contribution in [2.75, 3.05) is 13.2 Å². The van der Waals surface area contributed by atoms with E-state index in [2.05, 4.69) is 0 Å². The van der Waals surface area contributed by atoms with Crippen molar-refractivity contribution in [3.63, 3.8) is 0 Å². The number of esters is 2. The fraction of sp³-hybridized carbons (Fsp3) is 0.227. The van der Waals surface area contributed by atoms with E-state index in [0.29, 0.717) is 11.5 Å². The van der Waals surface area contributed by atoms with Crippen molar-refractivity contribution < 1.29 is 27.9 Å². The molecule has 4 heterocycles. The summed E-state index contributed by atoms with van der Waals surface area (Å²) in [4.78, 5) is 39.2. The molecule has 1 aliphatic rings. The van der Waals surface area contributed by atoms with Crippen LogP contribution >= 0.6 is 11.3 Å². The summed E-state index contributed by atoms with van der Waals surface area (Å²) in [5, 5.41) is 0. The van der Waals surface area contributed by atoms with Gasteiger partial charge in [0, 0.05) is 6.08 Å². The lowest BCUT2D eigenvalue weighted by molar-refractivity contribution is -0.138. The van der Waals surface area contributed by atoms with Gasteiger partial charge in [-0.25, -0.2) is 9.59 Å². The van der Waals surface area contributed by atoms with Gasteiger partial charge in [-0.05, 0) is 38.1 Å². The van der Waals surface area contributed by atoms with Crippen LogP contribution in [0.2, 0.25) is 0 Å². The zero-order valence-electron chi connectivity index (χ0n) is 17.3. The van der Waals surface area contributed by atoms with E-state index in [4.69, 9.17) is 24.0 Å². The molecule has 0 bridgehead atoms. The number of hydrogen-bond acceptors (Lipinski definition) is 9. The number of carbonyl (C=O) groups excluding carboxylic acids is 2. The highest BCUT2D eigenvalue weighted by atomic mass is 32.1. The van der Waals surface area contributed by atoms with Gasteiger partial charge in [0.15, 0.2) is 0 Å². The van der Waals surface area contributed by atoms with Gasteiger partial charge < -0.3 is 24.0 Å². The van der Waals surface area contributed by atoms with Crippen LogP contribution in [0.4, 0.5) is 0 Å². The van der Waals surface area contributed by atoms with Crippen molar-refractivity contribution in [1.29, 1.82) is 0 Å². The van der Waals surface area contributed by atoms with Gasteiger partial charge in [0.2, 0.25) is 0 Å². The Morgan fingerprint density at radius 3 is 2.34 bits per heavy atom. The summed E-state index contributed by atoms with van der Waals surface area (Å²) < 4.78 is 23.0. The Labute approximate surface area is 185 Å². The summed E-state index contributed by atoms with van der Waals surface area (Å²) in [5.41, 5.74) is 5.85. The highest BCUT2D eigenvalue weighted by Crippen LogP contribution is 2.37. The lowest BCUT2D eigenvalue weighted by atomic mass is 9.87. The van der Waals surface area contributed by atoms with E-state index in [-0.39, 0.29) is 39.4 Å². The molecule has 1 atom stereocenters. The van der Waals surface area contributed by atoms with Crippen LogP contribution < -0.4 is 20.5 Å². The Hall–Kier alpha value is -3.79. The van der Waals surface area contributed by atoms with Crippen LogP contribution in [0.1, 0.15) is 31.3 Å². The standard InChI is InChI=1S/C22H20N2O7S/c1-3-28-21(26)16-15(13-8-6-10-31-13)17(22(27)29-4-2)20-24(18(16)23)19(25)14(32-20)11-12-7-5-9-30-12/h5-11,15H,3-4,23H2,1-2H3/b14-11+/t15-/m0/s1. The molecule has 0 amide bonds. The molecule has 9 nitrogen and oxygen atoms in total. The zero-order chi connectivity index (χ0) is 22.8. The quantitative estimate of drug-likeness (QED) is 0.547. The van der Waals surface area contributed by atoms with Crippen molar-refractivity contribution in [3.05, 3.63) is 73.4 Å². The number of thiazole rings is 1. The molecule has 10 heteroatoms. The molecule has 166 valence electrons. The zero-order valence-corrected chi connectivity index (χ0v) is 18.1. The maximum absolute atomic E-state index is 13.2. The van der Waals surface area contributed by atoms with E-state index in [1.165, 1.54) is 12.5 Å². The maximum Gasteiger partial charge on any atom is 0.338 e. The summed E-state index contributed by atoms with van der Waals surface area (Å²) in [7, 11) is 0. The van der Waals surface area contributed by atoms with E-state index in [1.54, 1.807) is 44.2 Å². The van der Waals surface area contributed by atoms with Gasteiger partial charge >= 0.3 is 11.9 Å². The Bertz CT molecular complexity index is 1360. The average Bonchev–Trinajstić information content (AvgIpc) is 3.51. The predicted molar refractivity (Wildman–Crippen MR) is 116 cm³/mol. The Balaban J connectivity index is 2.11. The van der Waals surface area contributed by atoms with Crippen molar-refractivity contribution in [1.82, 2.24) is 4.57 Å². The van der Waals surface area contributed by atoms with Crippen LogP contribution in [0.25, 0.3) is 17.5 Å². The normalized spacial score (nSPS) is 16.2. The van der Waals surface area contributed by atoms with Crippen molar-refractivity contribution in [3.8, 4) is 0 Å². The van der Waals surface area contributed by atoms with Crippen LogP contribution in [0.3, 0.4) is 0 Å². The van der Waals surface area contributed by atoms with Crippen LogP contribution in [0, 0.1) is 0 Å². The van der Waals surface area contributed by atoms with Gasteiger partial charge in [0.05, 0.1) is 47.3 Å². The van der Waals surface area contributed by atoms with Crippen LogP contribution in [-0.2, 0) is 19.1 Å². The number of rotatable bonds is 6. The molecule has 0 aliphatic carbocycles. The number of furan rings is 2. The third-order valence-electron chi connectivity index (χ3n) is 4.78. The molecular formula is C22H20N2O7S. The lowest BCUT2D eigenvalue weighted by Gasteiger charge is -2.25. The van der Waals surface area contributed by atoms with E-state index < -0.39 is 23.4 Å². The van der Waals surface area contributed by atoms with Gasteiger partial charge in [0.25, 0.3) is 5.56 Å². The minimum Gasteiger partial charge on any atom is -0.468 e. The fourth-order valence-electron chi connectivity index (χ4n) is 3.51. The highest BCUT2D eigenvalue weighted by Gasteiger charge is 2.41. The molecule has 3 aromatic heterocycles. The Morgan fingerprint density at radius 2 is 1.75 bits per heavy atom. The third kappa shape index (κ3) is 3.58. The number of aromatic nitrogens is 1. The molecule has 0 saturated heterocycles. The molecule has 32 heavy (non-hydrogen) atoms. The smallest absolute Gasteiger partial charge is 0.338 e. The molecule has 0 aromatic carbocycles. The minimum absolute atomic E-state index is 0.0678. The molecule has 1 aliphatic heterocycles. The fourth-order valence-corrected chi connectivity index (χ4v) is 4.65. The van der Waals surface area contributed by atoms with E-state index in [1.807, 2.05) is 0 Å². The molecule has 4 rings (SSSR count). The second-order valence-electron chi connectivity index (χ2n) is 6.67. The van der Waals surface area contributed by atoms with E-state index >= 15 is 0 Å². The van der Waals surface area contributed by atoms with E-state index in [9.17, 15) is 14.4 Å². The second kappa shape index (κ2) is 8.75. The van der Waals surface area contributed by atoms with Gasteiger partial charge in [-0.15, -0.1) is 11.3 Å². The lowest BCUT2D eigenvalue weighted by Crippen LogP contribution is -2.41. The second-order valence-corrected chi connectivity index (χ2v) is 7.70. The van der Waals surface area contributed by atoms with Crippen molar-refractivity contribution in [2.24, 2.45) is 5.73 Å². The maximum atomic E-state index is 13.2. The van der Waals surface area contributed by atoms with E-state index in [0.717, 1.165) is 15.9 Å². The SMILES string of the molecule is CCOC(=O)C1=C(N)n2c(s/c(=C/c3ccco3)c2=O)=C(C(=O)OCC)[C@H]1c1ccco1. The predicted octanol–water partition coefficient (Wildman–Crippen LogP) is 1.13. The number of nitrogens with two attached hydrogens (primary N) is 1. The third-order valence-corrected chi connectivity index (χ3v) is 5.89. The highest BCUT2D eigenvalue weighted by molar-refractivity contribution is 7.07. The average molecular weight is 456 g/mol. The van der Waals surface area contributed by atoms with Gasteiger partial charge in [-0.1, -0.05) is 0 Å². The molecule has 3 aromatic rings. The molecule has 0 radical (unpaired) electrons. The summed E-state index contributed by atoms with van der Waals surface area (Å²) in [6.45, 7) is 3.49. The molecular weight excluding hydrogens is 436 g/mol. The largest absolute Gasteiger partial charge is 0.468 e. The number of fused-ring (bicyclic) bond motifs is 1. The molecule has 2 N–H and O–H groups in total. The van der Waals surface area contributed by atoms with Crippen LogP contribution in [0.15, 0.2) is 56.0 Å².